The van der Waals surface area contributed by atoms with Gasteiger partial charge >= 0.3 is 0 Å². The van der Waals surface area contributed by atoms with E-state index in [9.17, 15) is 8.42 Å². The minimum Gasteiger partial charge on any atom is -0.382 e. The Labute approximate surface area is 127 Å². The maximum absolute atomic E-state index is 11.5. The molecule has 0 aliphatic carbocycles. The quantitative estimate of drug-likeness (QED) is 0.846. The molecule has 0 saturated carbocycles. The van der Waals surface area contributed by atoms with Crippen molar-refractivity contribution in [3.05, 3.63) is 24.3 Å². The molecule has 5 nitrogen and oxygen atoms in total. The van der Waals surface area contributed by atoms with Crippen molar-refractivity contribution in [2.24, 2.45) is 0 Å². The van der Waals surface area contributed by atoms with E-state index in [0.29, 0.717) is 11.7 Å². The lowest BCUT2D eigenvalue weighted by atomic mass is 10.0. The molecule has 0 atom stereocenters. The number of hydrogen-bond acceptors (Lipinski definition) is 4. The minimum atomic E-state index is -3.20. The van der Waals surface area contributed by atoms with Gasteiger partial charge in [0.25, 0.3) is 0 Å². The molecule has 1 heterocycles. The molecule has 0 unspecified atom stereocenters. The summed E-state index contributed by atoms with van der Waals surface area (Å²) in [6, 6.07) is 7.97. The van der Waals surface area contributed by atoms with Gasteiger partial charge < -0.3 is 10.2 Å². The van der Waals surface area contributed by atoms with Gasteiger partial charge in [-0.2, -0.15) is 0 Å². The minimum absolute atomic E-state index is 0.0863. The number of benzene rings is 1. The standard InChI is InChI=1S/C15H25N3O2S/c1-3-18-11-9-14(10-12-18)16-13-5-7-15(8-6-13)17-21(19,20)4-2/h5-8,14,16-17H,3-4,9-12H2,1-2H3. The highest BCUT2D eigenvalue weighted by Gasteiger charge is 2.17. The van der Waals surface area contributed by atoms with Crippen LogP contribution in [0.2, 0.25) is 0 Å². The van der Waals surface area contributed by atoms with E-state index in [1.165, 1.54) is 0 Å². The van der Waals surface area contributed by atoms with Crippen LogP contribution in [0.5, 0.6) is 0 Å². The van der Waals surface area contributed by atoms with Crippen LogP contribution in [0.25, 0.3) is 0 Å². The van der Waals surface area contributed by atoms with Gasteiger partial charge in [0.15, 0.2) is 0 Å². The molecule has 0 amide bonds. The molecular weight excluding hydrogens is 286 g/mol. The largest absolute Gasteiger partial charge is 0.382 e. The van der Waals surface area contributed by atoms with E-state index in [-0.39, 0.29) is 5.75 Å². The molecule has 0 radical (unpaired) electrons. The molecular formula is C15H25N3O2S. The van der Waals surface area contributed by atoms with Gasteiger partial charge in [0.1, 0.15) is 0 Å². The summed E-state index contributed by atoms with van der Waals surface area (Å²) >= 11 is 0. The van der Waals surface area contributed by atoms with Gasteiger partial charge in [-0.15, -0.1) is 0 Å². The molecule has 1 fully saturated rings. The number of anilines is 2. The Morgan fingerprint density at radius 1 is 1.10 bits per heavy atom. The summed E-state index contributed by atoms with van der Waals surface area (Å²) in [4.78, 5) is 2.46. The number of nitrogens with one attached hydrogen (secondary N) is 2. The predicted molar refractivity (Wildman–Crippen MR) is 88.3 cm³/mol. The van der Waals surface area contributed by atoms with Crippen molar-refractivity contribution < 1.29 is 8.42 Å². The Bertz CT molecular complexity index is 535. The Hall–Kier alpha value is -1.27. The first kappa shape index (κ1) is 16.1. The number of likely N-dealkylation sites (tertiary alicyclic amines) is 1. The summed E-state index contributed by atoms with van der Waals surface area (Å²) in [7, 11) is -3.20. The Balaban J connectivity index is 1.88. The fraction of sp³-hybridized carbons (Fsp3) is 0.600. The second-order valence-corrected chi connectivity index (χ2v) is 7.45. The second-order valence-electron chi connectivity index (χ2n) is 5.44. The number of rotatable bonds is 6. The molecule has 0 bridgehead atoms. The van der Waals surface area contributed by atoms with Crippen LogP contribution in [0.15, 0.2) is 24.3 Å². The molecule has 2 N–H and O–H groups in total. The highest BCUT2D eigenvalue weighted by molar-refractivity contribution is 7.92. The van der Waals surface area contributed by atoms with E-state index in [2.05, 4.69) is 21.9 Å². The molecule has 6 heteroatoms. The van der Waals surface area contributed by atoms with Gasteiger partial charge in [0.05, 0.1) is 5.75 Å². The van der Waals surface area contributed by atoms with E-state index >= 15 is 0 Å². The maximum Gasteiger partial charge on any atom is 0.232 e. The molecule has 1 saturated heterocycles. The first-order valence-corrected chi connectivity index (χ1v) is 9.27. The van der Waals surface area contributed by atoms with Crippen molar-refractivity contribution in [3.8, 4) is 0 Å². The molecule has 1 aliphatic heterocycles. The van der Waals surface area contributed by atoms with Crippen molar-refractivity contribution in [3.63, 3.8) is 0 Å². The fourth-order valence-electron chi connectivity index (χ4n) is 2.52. The van der Waals surface area contributed by atoms with Crippen molar-refractivity contribution in [2.75, 3.05) is 35.4 Å². The summed E-state index contributed by atoms with van der Waals surface area (Å²) in [5.74, 6) is 0.0863. The Kier molecular flexibility index (Phi) is 5.47. The zero-order valence-electron chi connectivity index (χ0n) is 12.8. The van der Waals surface area contributed by atoms with Crippen molar-refractivity contribution in [1.82, 2.24) is 4.90 Å². The lowest BCUT2D eigenvalue weighted by Crippen LogP contribution is -2.38. The van der Waals surface area contributed by atoms with Crippen LogP contribution in [-0.2, 0) is 10.0 Å². The second kappa shape index (κ2) is 7.13. The van der Waals surface area contributed by atoms with Crippen molar-refractivity contribution in [1.29, 1.82) is 0 Å². The van der Waals surface area contributed by atoms with Gasteiger partial charge in [-0.05, 0) is 50.6 Å². The van der Waals surface area contributed by atoms with Crippen LogP contribution in [0.1, 0.15) is 26.7 Å². The van der Waals surface area contributed by atoms with Crippen LogP contribution in [-0.4, -0.2) is 44.7 Å². The number of hydrogen-bond donors (Lipinski definition) is 2. The first-order chi connectivity index (χ1) is 10.0. The van der Waals surface area contributed by atoms with Gasteiger partial charge in [0.2, 0.25) is 10.0 Å². The number of piperidine rings is 1. The summed E-state index contributed by atoms with van der Waals surface area (Å²) < 4.78 is 25.5. The zero-order valence-corrected chi connectivity index (χ0v) is 13.6. The average Bonchev–Trinajstić information content (AvgIpc) is 2.50. The lowest BCUT2D eigenvalue weighted by molar-refractivity contribution is 0.229. The van der Waals surface area contributed by atoms with Gasteiger partial charge in [-0.1, -0.05) is 6.92 Å². The molecule has 118 valence electrons. The highest BCUT2D eigenvalue weighted by Crippen LogP contribution is 2.19. The van der Waals surface area contributed by atoms with Crippen LogP contribution in [0, 0.1) is 0 Å². The molecule has 0 aromatic heterocycles. The topological polar surface area (TPSA) is 61.4 Å². The predicted octanol–water partition coefficient (Wildman–Crippen LogP) is 2.34. The molecule has 0 spiro atoms. The van der Waals surface area contributed by atoms with E-state index < -0.39 is 10.0 Å². The third-order valence-corrected chi connectivity index (χ3v) is 5.25. The summed E-state index contributed by atoms with van der Waals surface area (Å²) in [5.41, 5.74) is 1.66. The average molecular weight is 311 g/mol. The van der Waals surface area contributed by atoms with Crippen LogP contribution in [0.4, 0.5) is 11.4 Å². The van der Waals surface area contributed by atoms with Gasteiger partial charge in [0, 0.05) is 30.5 Å². The van der Waals surface area contributed by atoms with E-state index in [1.54, 1.807) is 19.1 Å². The molecule has 21 heavy (non-hydrogen) atoms. The smallest absolute Gasteiger partial charge is 0.232 e. The normalized spacial score (nSPS) is 17.6. The van der Waals surface area contributed by atoms with Gasteiger partial charge in [-0.25, -0.2) is 8.42 Å². The third kappa shape index (κ3) is 4.89. The van der Waals surface area contributed by atoms with Crippen molar-refractivity contribution in [2.45, 2.75) is 32.7 Å². The third-order valence-electron chi connectivity index (χ3n) is 3.94. The van der Waals surface area contributed by atoms with Crippen molar-refractivity contribution >= 4 is 21.4 Å². The van der Waals surface area contributed by atoms with E-state index in [1.807, 2.05) is 12.1 Å². The molecule has 1 aliphatic rings. The molecule has 1 aromatic carbocycles. The van der Waals surface area contributed by atoms with Gasteiger partial charge in [-0.3, -0.25) is 4.72 Å². The summed E-state index contributed by atoms with van der Waals surface area (Å²) in [5, 5.41) is 3.53. The zero-order chi connectivity index (χ0) is 15.3. The van der Waals surface area contributed by atoms with E-state index in [4.69, 9.17) is 0 Å². The highest BCUT2D eigenvalue weighted by atomic mass is 32.2. The Morgan fingerprint density at radius 3 is 2.19 bits per heavy atom. The number of sulfonamides is 1. The SMILES string of the molecule is CCN1CCC(Nc2ccc(NS(=O)(=O)CC)cc2)CC1. The first-order valence-electron chi connectivity index (χ1n) is 7.62. The molecule has 1 aromatic rings. The van der Waals surface area contributed by atoms with E-state index in [0.717, 1.165) is 38.2 Å². The maximum atomic E-state index is 11.5. The summed E-state index contributed by atoms with van der Waals surface area (Å²) in [6.07, 6.45) is 2.30. The monoisotopic (exact) mass is 311 g/mol. The fourth-order valence-corrected chi connectivity index (χ4v) is 3.15. The molecule has 2 rings (SSSR count). The Morgan fingerprint density at radius 2 is 1.67 bits per heavy atom. The van der Waals surface area contributed by atoms with Crippen LogP contribution < -0.4 is 10.0 Å². The lowest BCUT2D eigenvalue weighted by Gasteiger charge is -2.32. The number of nitrogens with zero attached hydrogens (tertiary/aromatic N) is 1. The van der Waals surface area contributed by atoms with Crippen LogP contribution >= 0.6 is 0 Å². The van der Waals surface area contributed by atoms with Crippen LogP contribution in [0.3, 0.4) is 0 Å². The summed E-state index contributed by atoms with van der Waals surface area (Å²) in [6.45, 7) is 7.23.